The van der Waals surface area contributed by atoms with E-state index >= 15 is 0 Å². The summed E-state index contributed by atoms with van der Waals surface area (Å²) in [5.74, 6) is 1.35. The van der Waals surface area contributed by atoms with Crippen LogP contribution in [0.3, 0.4) is 0 Å². The normalized spacial score (nSPS) is 28.0. The van der Waals surface area contributed by atoms with Gasteiger partial charge in [0.05, 0.1) is 30.3 Å². The summed E-state index contributed by atoms with van der Waals surface area (Å²) in [6, 6.07) is 18.5. The van der Waals surface area contributed by atoms with E-state index in [1.807, 2.05) is 12.1 Å². The van der Waals surface area contributed by atoms with Crippen LogP contribution < -0.4 is 9.80 Å². The van der Waals surface area contributed by atoms with Crippen LogP contribution >= 0.6 is 0 Å². The topological polar surface area (TPSA) is 55.6 Å². The third-order valence-corrected chi connectivity index (χ3v) is 8.59. The van der Waals surface area contributed by atoms with Crippen molar-refractivity contribution in [2.24, 2.45) is 11.8 Å². The van der Waals surface area contributed by atoms with E-state index in [2.05, 4.69) is 63.0 Å². The fourth-order valence-electron chi connectivity index (χ4n) is 7.00. The molecule has 0 amide bonds. The quantitative estimate of drug-likeness (QED) is 0.561. The van der Waals surface area contributed by atoms with Crippen LogP contribution in [0.25, 0.3) is 10.9 Å². The first-order valence-electron chi connectivity index (χ1n) is 12.9. The highest BCUT2D eigenvalue weighted by Gasteiger charge is 2.40. The van der Waals surface area contributed by atoms with Gasteiger partial charge in [-0.2, -0.15) is 5.26 Å². The number of hydrogen-bond donors (Lipinski definition) is 0. The number of rotatable bonds is 2. The van der Waals surface area contributed by atoms with Crippen molar-refractivity contribution in [2.75, 3.05) is 49.2 Å². The molecule has 2 unspecified atom stereocenters. The highest BCUT2D eigenvalue weighted by molar-refractivity contribution is 5.95. The van der Waals surface area contributed by atoms with Gasteiger partial charge in [-0.25, -0.2) is 0 Å². The third-order valence-electron chi connectivity index (χ3n) is 8.59. The predicted octanol–water partition coefficient (Wildman–Crippen LogP) is 4.34. The van der Waals surface area contributed by atoms with Gasteiger partial charge in [-0.1, -0.05) is 6.07 Å². The van der Waals surface area contributed by atoms with Crippen LogP contribution in [0.15, 0.2) is 48.7 Å². The molecule has 1 aromatic heterocycles. The minimum absolute atomic E-state index is 0.388. The van der Waals surface area contributed by atoms with Gasteiger partial charge < -0.3 is 14.5 Å². The zero-order valence-corrected chi connectivity index (χ0v) is 20.2. The number of nitrogens with zero attached hydrogens (tertiary/aromatic N) is 5. The number of hydrogen-bond acceptors (Lipinski definition) is 6. The van der Waals surface area contributed by atoms with Gasteiger partial charge in [0.25, 0.3) is 0 Å². The standard InChI is InChI=1S/C29H31N5O/c1-19-12-33(27-7-4-22(11-30)29-26(27)3-2-8-31-29)16-28-25-6-5-24(10-23(25)15-34(19)28)32-13-20-9-21(14-32)18-35-17-20/h2-8,10,19-21,28H,9,12-18H2,1H3/t19-,20?,21?,28-/m1/s1. The first-order valence-corrected chi connectivity index (χ1v) is 12.9. The number of pyridine rings is 1. The first kappa shape index (κ1) is 21.2. The van der Waals surface area contributed by atoms with E-state index in [0.29, 0.717) is 29.5 Å². The van der Waals surface area contributed by atoms with Crippen LogP contribution in [0, 0.1) is 23.2 Å². The maximum absolute atomic E-state index is 9.55. The molecule has 0 aliphatic carbocycles. The SMILES string of the molecule is C[C@@H]1CN(c2ccc(C#N)c3ncccc23)C[C@@H]2c3ccc(N4CC5COCC(C5)C4)cc3CN12. The van der Waals surface area contributed by atoms with Crippen molar-refractivity contribution in [2.45, 2.75) is 32.0 Å². The lowest BCUT2D eigenvalue weighted by atomic mass is 9.87. The Hall–Kier alpha value is -3.14. The summed E-state index contributed by atoms with van der Waals surface area (Å²) in [5, 5.41) is 10.6. The first-order chi connectivity index (χ1) is 17.2. The van der Waals surface area contributed by atoms with Gasteiger partial charge >= 0.3 is 0 Å². The number of anilines is 2. The van der Waals surface area contributed by atoms with E-state index in [9.17, 15) is 5.26 Å². The Labute approximate surface area is 206 Å². The van der Waals surface area contributed by atoms with Gasteiger partial charge in [0.2, 0.25) is 0 Å². The predicted molar refractivity (Wildman–Crippen MR) is 137 cm³/mol. The van der Waals surface area contributed by atoms with Crippen molar-refractivity contribution in [1.82, 2.24) is 9.88 Å². The van der Waals surface area contributed by atoms with E-state index < -0.39 is 0 Å². The Kier molecular flexibility index (Phi) is 4.97. The molecule has 0 N–H and O–H groups in total. The second-order valence-corrected chi connectivity index (χ2v) is 10.9. The van der Waals surface area contributed by atoms with Gasteiger partial charge in [-0.05, 0) is 60.9 Å². The Balaban J connectivity index is 1.19. The van der Waals surface area contributed by atoms with Crippen molar-refractivity contribution in [1.29, 1.82) is 5.26 Å². The van der Waals surface area contributed by atoms with Gasteiger partial charge in [-0.3, -0.25) is 9.88 Å². The highest BCUT2D eigenvalue weighted by Crippen LogP contribution is 2.43. The third kappa shape index (κ3) is 3.49. The maximum Gasteiger partial charge on any atom is 0.101 e. The second kappa shape index (κ2) is 8.22. The molecule has 3 aromatic rings. The molecule has 0 saturated carbocycles. The zero-order valence-electron chi connectivity index (χ0n) is 20.2. The molecule has 6 nitrogen and oxygen atoms in total. The Morgan fingerprint density at radius 2 is 1.86 bits per heavy atom. The lowest BCUT2D eigenvalue weighted by molar-refractivity contribution is 0.00624. The Bertz CT molecular complexity index is 1320. The summed E-state index contributed by atoms with van der Waals surface area (Å²) in [6.45, 7) is 9.38. The summed E-state index contributed by atoms with van der Waals surface area (Å²) < 4.78 is 5.80. The van der Waals surface area contributed by atoms with Crippen molar-refractivity contribution in [3.63, 3.8) is 0 Å². The van der Waals surface area contributed by atoms with Crippen LogP contribution in [-0.4, -0.2) is 55.3 Å². The van der Waals surface area contributed by atoms with Crippen LogP contribution in [0.5, 0.6) is 0 Å². The molecule has 4 aliphatic heterocycles. The number of piperazine rings is 1. The molecule has 6 heteroatoms. The van der Waals surface area contributed by atoms with Crippen molar-refractivity contribution in [3.8, 4) is 6.07 Å². The number of aromatic nitrogens is 1. The highest BCUT2D eigenvalue weighted by atomic mass is 16.5. The molecule has 7 rings (SSSR count). The van der Waals surface area contributed by atoms with E-state index in [1.54, 1.807) is 6.20 Å². The van der Waals surface area contributed by atoms with Crippen LogP contribution in [0.2, 0.25) is 0 Å². The summed E-state index contributed by atoms with van der Waals surface area (Å²) in [5.41, 5.74) is 6.97. The fraction of sp³-hybridized carbons (Fsp3) is 0.448. The monoisotopic (exact) mass is 465 g/mol. The van der Waals surface area contributed by atoms with E-state index in [-0.39, 0.29) is 0 Å². The summed E-state index contributed by atoms with van der Waals surface area (Å²) in [6.07, 6.45) is 3.10. The lowest BCUT2D eigenvalue weighted by Gasteiger charge is -2.44. The van der Waals surface area contributed by atoms with Gasteiger partial charge in [0.1, 0.15) is 6.07 Å². The Morgan fingerprint density at radius 1 is 1.00 bits per heavy atom. The number of ether oxygens (including phenoxy) is 1. The van der Waals surface area contributed by atoms with Crippen LogP contribution in [-0.2, 0) is 11.3 Å². The molecule has 35 heavy (non-hydrogen) atoms. The van der Waals surface area contributed by atoms with Crippen LogP contribution in [0.4, 0.5) is 11.4 Å². The Morgan fingerprint density at radius 3 is 2.69 bits per heavy atom. The summed E-state index contributed by atoms with van der Waals surface area (Å²) in [7, 11) is 0. The number of fused-ring (bicyclic) bond motifs is 6. The largest absolute Gasteiger partial charge is 0.381 e. The minimum atomic E-state index is 0.388. The van der Waals surface area contributed by atoms with Crippen molar-refractivity contribution >= 4 is 22.3 Å². The van der Waals surface area contributed by atoms with E-state index in [4.69, 9.17) is 4.74 Å². The smallest absolute Gasteiger partial charge is 0.101 e. The second-order valence-electron chi connectivity index (χ2n) is 10.9. The average molecular weight is 466 g/mol. The summed E-state index contributed by atoms with van der Waals surface area (Å²) in [4.78, 5) is 12.3. The van der Waals surface area contributed by atoms with Gasteiger partial charge in [0.15, 0.2) is 0 Å². The molecule has 5 heterocycles. The van der Waals surface area contributed by atoms with Crippen molar-refractivity contribution in [3.05, 3.63) is 65.4 Å². The molecule has 178 valence electrons. The molecule has 3 saturated heterocycles. The van der Waals surface area contributed by atoms with E-state index in [0.717, 1.165) is 56.8 Å². The minimum Gasteiger partial charge on any atom is -0.381 e. The molecule has 2 bridgehead atoms. The zero-order chi connectivity index (χ0) is 23.5. The number of piperidine rings is 1. The molecule has 0 radical (unpaired) electrons. The van der Waals surface area contributed by atoms with Gasteiger partial charge in [-0.15, -0.1) is 0 Å². The molecule has 4 aliphatic rings. The van der Waals surface area contributed by atoms with E-state index in [1.165, 1.54) is 28.9 Å². The van der Waals surface area contributed by atoms with Crippen molar-refractivity contribution < 1.29 is 4.74 Å². The molecule has 2 aromatic carbocycles. The van der Waals surface area contributed by atoms with Crippen LogP contribution in [0.1, 0.15) is 36.1 Å². The maximum atomic E-state index is 9.55. The number of benzene rings is 2. The lowest BCUT2D eigenvalue weighted by Crippen LogP contribution is -2.51. The molecular weight excluding hydrogens is 434 g/mol. The fourth-order valence-corrected chi connectivity index (χ4v) is 7.00. The molecule has 4 atom stereocenters. The van der Waals surface area contributed by atoms with Gasteiger partial charge in [0, 0.05) is 73.6 Å². The molecule has 0 spiro atoms. The summed E-state index contributed by atoms with van der Waals surface area (Å²) >= 11 is 0. The molecular formula is C29H31N5O. The average Bonchev–Trinajstić information content (AvgIpc) is 3.26. The molecule has 3 fully saturated rings. The number of nitriles is 1.